The molecule has 6 nitrogen and oxygen atoms in total. The Labute approximate surface area is 223 Å². The molecule has 2 saturated heterocycles. The van der Waals surface area contributed by atoms with Crippen LogP contribution in [0.4, 0.5) is 5.69 Å². The summed E-state index contributed by atoms with van der Waals surface area (Å²) in [6.45, 7) is 5.50. The Hall–Kier alpha value is -4.03. The zero-order valence-corrected chi connectivity index (χ0v) is 21.8. The first-order valence-corrected chi connectivity index (χ1v) is 13.1. The van der Waals surface area contributed by atoms with Crippen molar-refractivity contribution in [1.29, 1.82) is 0 Å². The Bertz CT molecular complexity index is 1390. The molecule has 38 heavy (non-hydrogen) atoms. The van der Waals surface area contributed by atoms with Crippen LogP contribution in [0.5, 0.6) is 0 Å². The standard InChI is InChI=1S/C32H32N2O4/c1-4-22-12-9-13-23(5-2)28(22)34-29(35)25-26(30(34)36)32(3,31(37)38)33-27(25)24-18-16-21(17-19-24)15-14-20-10-7-6-8-11-20/h6-19,25-27,33H,4-5H2,1-3H3,(H,37,38)/b15-14+. The van der Waals surface area contributed by atoms with Gasteiger partial charge in [0.2, 0.25) is 11.8 Å². The third-order valence-electron chi connectivity index (χ3n) is 7.98. The number of carbonyl (C=O) groups excluding carboxylic acids is 2. The number of rotatable bonds is 7. The van der Waals surface area contributed by atoms with Crippen LogP contribution in [0.2, 0.25) is 0 Å². The lowest BCUT2D eigenvalue weighted by atomic mass is 9.80. The number of hydrogen-bond donors (Lipinski definition) is 2. The van der Waals surface area contributed by atoms with Gasteiger partial charge >= 0.3 is 5.97 Å². The van der Waals surface area contributed by atoms with Crippen molar-refractivity contribution in [3.63, 3.8) is 0 Å². The predicted molar refractivity (Wildman–Crippen MR) is 148 cm³/mol. The van der Waals surface area contributed by atoms with Gasteiger partial charge in [-0.05, 0) is 47.6 Å². The van der Waals surface area contributed by atoms with Crippen molar-refractivity contribution in [2.24, 2.45) is 11.8 Å². The molecule has 0 aromatic heterocycles. The van der Waals surface area contributed by atoms with Crippen LogP contribution < -0.4 is 10.2 Å². The molecule has 2 aliphatic heterocycles. The molecule has 0 aliphatic carbocycles. The fraction of sp³-hybridized carbons (Fsp3) is 0.281. The molecule has 2 N–H and O–H groups in total. The number of benzene rings is 3. The fourth-order valence-electron chi connectivity index (χ4n) is 5.92. The van der Waals surface area contributed by atoms with Crippen molar-refractivity contribution < 1.29 is 19.5 Å². The van der Waals surface area contributed by atoms with Crippen molar-refractivity contribution >= 4 is 35.6 Å². The number of amides is 2. The summed E-state index contributed by atoms with van der Waals surface area (Å²) in [5.41, 5.74) is 3.70. The van der Waals surface area contributed by atoms with E-state index >= 15 is 0 Å². The normalized spacial score (nSPS) is 24.8. The van der Waals surface area contributed by atoms with Crippen LogP contribution in [0, 0.1) is 11.8 Å². The van der Waals surface area contributed by atoms with Crippen LogP contribution in [-0.4, -0.2) is 28.4 Å². The number of hydrogen-bond acceptors (Lipinski definition) is 4. The van der Waals surface area contributed by atoms with Crippen molar-refractivity contribution in [1.82, 2.24) is 5.32 Å². The second-order valence-corrected chi connectivity index (χ2v) is 10.2. The summed E-state index contributed by atoms with van der Waals surface area (Å²) in [5, 5.41) is 13.4. The number of aryl methyl sites for hydroxylation is 2. The molecule has 2 fully saturated rings. The highest BCUT2D eigenvalue weighted by atomic mass is 16.4. The first-order valence-electron chi connectivity index (χ1n) is 13.1. The molecule has 0 radical (unpaired) electrons. The van der Waals surface area contributed by atoms with Crippen LogP contribution in [0.15, 0.2) is 72.8 Å². The van der Waals surface area contributed by atoms with E-state index in [1.165, 1.54) is 11.8 Å². The molecular weight excluding hydrogens is 476 g/mol. The molecule has 2 aliphatic rings. The SMILES string of the molecule is CCc1cccc(CC)c1N1C(=O)C2C(c3ccc(/C=C/c4ccccc4)cc3)NC(C)(C(=O)O)C2C1=O. The highest BCUT2D eigenvalue weighted by Crippen LogP contribution is 2.50. The molecule has 3 aromatic rings. The Kier molecular flexibility index (Phi) is 6.76. The van der Waals surface area contributed by atoms with E-state index in [-0.39, 0.29) is 5.91 Å². The minimum absolute atomic E-state index is 0.342. The summed E-state index contributed by atoms with van der Waals surface area (Å²) in [4.78, 5) is 41.7. The van der Waals surface area contributed by atoms with E-state index in [0.717, 1.165) is 27.8 Å². The zero-order chi connectivity index (χ0) is 27.0. The number of carbonyl (C=O) groups is 3. The zero-order valence-electron chi connectivity index (χ0n) is 21.8. The van der Waals surface area contributed by atoms with Crippen molar-refractivity contribution in [3.05, 3.63) is 101 Å². The van der Waals surface area contributed by atoms with Gasteiger partial charge in [0.1, 0.15) is 5.54 Å². The van der Waals surface area contributed by atoms with E-state index in [4.69, 9.17) is 0 Å². The molecule has 5 rings (SSSR count). The van der Waals surface area contributed by atoms with Gasteiger partial charge in [-0.15, -0.1) is 0 Å². The molecule has 4 unspecified atom stereocenters. The van der Waals surface area contributed by atoms with Gasteiger partial charge in [-0.2, -0.15) is 0 Å². The summed E-state index contributed by atoms with van der Waals surface area (Å²) >= 11 is 0. The highest BCUT2D eigenvalue weighted by molar-refractivity contribution is 6.24. The maximum atomic E-state index is 14.0. The lowest BCUT2D eigenvalue weighted by molar-refractivity contribution is -0.147. The highest BCUT2D eigenvalue weighted by Gasteiger charge is 2.67. The second-order valence-electron chi connectivity index (χ2n) is 10.2. The molecule has 6 heteroatoms. The van der Waals surface area contributed by atoms with Gasteiger partial charge in [0.15, 0.2) is 0 Å². The van der Waals surface area contributed by atoms with E-state index in [9.17, 15) is 19.5 Å². The minimum Gasteiger partial charge on any atom is -0.480 e. The number of nitrogens with one attached hydrogen (secondary N) is 1. The van der Waals surface area contributed by atoms with Crippen LogP contribution in [0.3, 0.4) is 0 Å². The van der Waals surface area contributed by atoms with E-state index in [1.807, 2.05) is 98.8 Å². The van der Waals surface area contributed by atoms with Crippen molar-refractivity contribution in [2.75, 3.05) is 4.90 Å². The number of carboxylic acid groups (broad SMARTS) is 1. The van der Waals surface area contributed by atoms with Gasteiger partial charge in [-0.25, -0.2) is 4.90 Å². The number of nitrogens with zero attached hydrogens (tertiary/aromatic N) is 1. The summed E-state index contributed by atoms with van der Waals surface area (Å²) in [6, 6.07) is 22.9. The molecule has 0 saturated carbocycles. The Morgan fingerprint density at radius 3 is 2.00 bits per heavy atom. The van der Waals surface area contributed by atoms with Crippen molar-refractivity contribution in [3.8, 4) is 0 Å². The maximum Gasteiger partial charge on any atom is 0.324 e. The van der Waals surface area contributed by atoms with Crippen LogP contribution >= 0.6 is 0 Å². The maximum absolute atomic E-state index is 14.0. The predicted octanol–water partition coefficient (Wildman–Crippen LogP) is 5.28. The second kappa shape index (κ2) is 10.0. The molecule has 194 valence electrons. The molecule has 3 aromatic carbocycles. The largest absolute Gasteiger partial charge is 0.480 e. The Morgan fingerprint density at radius 1 is 0.868 bits per heavy atom. The first-order chi connectivity index (χ1) is 18.3. The average Bonchev–Trinajstić information content (AvgIpc) is 3.40. The number of carboxylic acids is 1. The lowest BCUT2D eigenvalue weighted by Gasteiger charge is -2.29. The number of imide groups is 1. The van der Waals surface area contributed by atoms with E-state index in [2.05, 4.69) is 5.32 Å². The number of anilines is 1. The number of para-hydroxylation sites is 1. The van der Waals surface area contributed by atoms with Gasteiger partial charge in [0.05, 0.1) is 17.5 Å². The minimum atomic E-state index is -1.57. The summed E-state index contributed by atoms with van der Waals surface area (Å²) < 4.78 is 0. The number of fused-ring (bicyclic) bond motifs is 1. The van der Waals surface area contributed by atoms with Crippen LogP contribution in [0.25, 0.3) is 12.2 Å². The van der Waals surface area contributed by atoms with Crippen LogP contribution in [-0.2, 0) is 27.2 Å². The number of aliphatic carboxylic acids is 1. The summed E-state index contributed by atoms with van der Waals surface area (Å²) in [5.74, 6) is -3.75. The molecular formula is C32H32N2O4. The van der Waals surface area contributed by atoms with Gasteiger partial charge in [0.25, 0.3) is 0 Å². The van der Waals surface area contributed by atoms with E-state index < -0.39 is 35.3 Å². The quantitative estimate of drug-likeness (QED) is 0.335. The molecule has 2 heterocycles. The molecule has 2 amide bonds. The van der Waals surface area contributed by atoms with Gasteiger partial charge in [-0.1, -0.05) is 98.8 Å². The third kappa shape index (κ3) is 4.15. The first kappa shape index (κ1) is 25.6. The lowest BCUT2D eigenvalue weighted by Crippen LogP contribution is -2.53. The fourth-order valence-corrected chi connectivity index (χ4v) is 5.92. The molecule has 0 spiro atoms. The Balaban J connectivity index is 1.52. The van der Waals surface area contributed by atoms with Crippen molar-refractivity contribution in [2.45, 2.75) is 45.2 Å². The van der Waals surface area contributed by atoms with Gasteiger partial charge in [-0.3, -0.25) is 19.7 Å². The van der Waals surface area contributed by atoms with Gasteiger partial charge < -0.3 is 5.11 Å². The van der Waals surface area contributed by atoms with Crippen LogP contribution in [0.1, 0.15) is 54.6 Å². The monoisotopic (exact) mass is 508 g/mol. The topological polar surface area (TPSA) is 86.7 Å². The smallest absolute Gasteiger partial charge is 0.324 e. The average molecular weight is 509 g/mol. The van der Waals surface area contributed by atoms with Gasteiger partial charge in [0, 0.05) is 6.04 Å². The van der Waals surface area contributed by atoms with E-state index in [0.29, 0.717) is 18.5 Å². The Morgan fingerprint density at radius 2 is 1.45 bits per heavy atom. The van der Waals surface area contributed by atoms with E-state index in [1.54, 1.807) is 0 Å². The summed E-state index contributed by atoms with van der Waals surface area (Å²) in [7, 11) is 0. The third-order valence-corrected chi connectivity index (χ3v) is 7.98. The molecule has 4 atom stereocenters. The summed E-state index contributed by atoms with van der Waals surface area (Å²) in [6.07, 6.45) is 5.34. The molecule has 0 bridgehead atoms.